The molecule has 0 atom stereocenters. The molecule has 0 amide bonds. The van der Waals surface area contributed by atoms with Crippen molar-refractivity contribution in [2.45, 2.75) is 20.8 Å². The summed E-state index contributed by atoms with van der Waals surface area (Å²) in [6.07, 6.45) is 1.70. The van der Waals surface area contributed by atoms with Gasteiger partial charge in [-0.25, -0.2) is 0 Å². The normalized spacial score (nSPS) is 12.3. The number of ketones is 1. The largest absolute Gasteiger partial charge is 0.294 e. The Hall–Kier alpha value is -1.86. The van der Waals surface area contributed by atoms with E-state index in [2.05, 4.69) is 0 Å². The average Bonchev–Trinajstić information content (AvgIpc) is 2.45. The van der Waals surface area contributed by atoms with Crippen LogP contribution in [-0.4, -0.2) is 5.78 Å². The number of rotatable bonds is 3. The maximum Gasteiger partial charge on any atom is 0.161 e. The Balaban J connectivity index is 2.59. The lowest BCUT2D eigenvalue weighted by molar-refractivity contribution is -0.121. The number of halogens is 1. The fourth-order valence-corrected chi connectivity index (χ4v) is 2.20. The van der Waals surface area contributed by atoms with Gasteiger partial charge in [0.15, 0.2) is 5.78 Å². The predicted molar refractivity (Wildman–Crippen MR) is 89.4 cm³/mol. The first-order valence-corrected chi connectivity index (χ1v) is 7.34. The van der Waals surface area contributed by atoms with Gasteiger partial charge in [-0.3, -0.25) is 4.79 Å². The van der Waals surface area contributed by atoms with Crippen molar-refractivity contribution in [3.63, 3.8) is 0 Å². The molecule has 0 saturated heterocycles. The van der Waals surface area contributed by atoms with E-state index >= 15 is 0 Å². The smallest absolute Gasteiger partial charge is 0.161 e. The molecule has 0 unspecified atom stereocenters. The molecule has 2 aromatic carbocycles. The molecule has 0 fully saturated rings. The number of carbonyl (C=O) groups excluding carboxylic acids is 1. The van der Waals surface area contributed by atoms with E-state index in [0.29, 0.717) is 5.02 Å². The van der Waals surface area contributed by atoms with Crippen LogP contribution in [0, 0.1) is 5.41 Å². The highest BCUT2D eigenvalue weighted by atomic mass is 35.5. The van der Waals surface area contributed by atoms with Crippen molar-refractivity contribution in [2.24, 2.45) is 5.41 Å². The van der Waals surface area contributed by atoms with Crippen molar-refractivity contribution in [3.8, 4) is 0 Å². The standard InChI is InChI=1S/C19H19ClO/c1-19(2,3)18(21)13-16(14-9-5-4-6-10-14)15-11-7-8-12-17(15)20/h4-13H,1-3H3. The number of carbonyl (C=O) groups is 1. The Morgan fingerprint density at radius 2 is 1.52 bits per heavy atom. The molecule has 0 bridgehead atoms. The summed E-state index contributed by atoms with van der Waals surface area (Å²) in [6.45, 7) is 5.75. The first kappa shape index (κ1) is 15.5. The molecule has 1 nitrogen and oxygen atoms in total. The van der Waals surface area contributed by atoms with E-state index in [1.54, 1.807) is 6.08 Å². The van der Waals surface area contributed by atoms with Crippen LogP contribution in [0.5, 0.6) is 0 Å². The number of hydrogen-bond acceptors (Lipinski definition) is 1. The average molecular weight is 299 g/mol. The van der Waals surface area contributed by atoms with Gasteiger partial charge in [0.1, 0.15) is 0 Å². The van der Waals surface area contributed by atoms with Crippen LogP contribution in [0.4, 0.5) is 0 Å². The summed E-state index contributed by atoms with van der Waals surface area (Å²) in [5.41, 5.74) is 2.31. The lowest BCUT2D eigenvalue weighted by Gasteiger charge is -2.16. The third-order valence-corrected chi connectivity index (χ3v) is 3.59. The molecule has 0 N–H and O–H groups in total. The summed E-state index contributed by atoms with van der Waals surface area (Å²) < 4.78 is 0. The molecule has 0 aliphatic carbocycles. The molecule has 2 rings (SSSR count). The van der Waals surface area contributed by atoms with Crippen molar-refractivity contribution in [1.29, 1.82) is 0 Å². The fraction of sp³-hybridized carbons (Fsp3) is 0.211. The van der Waals surface area contributed by atoms with E-state index in [-0.39, 0.29) is 5.78 Å². The molecule has 0 spiro atoms. The maximum atomic E-state index is 12.4. The summed E-state index contributed by atoms with van der Waals surface area (Å²) in [7, 11) is 0. The molecule has 0 radical (unpaired) electrons. The van der Waals surface area contributed by atoms with Crippen LogP contribution in [0.25, 0.3) is 5.57 Å². The van der Waals surface area contributed by atoms with Gasteiger partial charge < -0.3 is 0 Å². The highest BCUT2D eigenvalue weighted by molar-refractivity contribution is 6.32. The minimum absolute atomic E-state index is 0.0845. The molecule has 0 aromatic heterocycles. The van der Waals surface area contributed by atoms with Crippen molar-refractivity contribution in [1.82, 2.24) is 0 Å². The van der Waals surface area contributed by atoms with Gasteiger partial charge in [-0.05, 0) is 23.3 Å². The van der Waals surface area contributed by atoms with Crippen LogP contribution >= 0.6 is 11.6 Å². The first-order chi connectivity index (χ1) is 9.89. The van der Waals surface area contributed by atoms with E-state index in [0.717, 1.165) is 16.7 Å². The van der Waals surface area contributed by atoms with E-state index in [9.17, 15) is 4.79 Å². The minimum atomic E-state index is -0.415. The zero-order valence-electron chi connectivity index (χ0n) is 12.6. The Bertz CT molecular complexity index is 663. The molecule has 0 heterocycles. The molecule has 2 heteroatoms. The Morgan fingerprint density at radius 1 is 0.952 bits per heavy atom. The molecule has 108 valence electrons. The molecule has 0 saturated carbocycles. The van der Waals surface area contributed by atoms with E-state index < -0.39 is 5.41 Å². The predicted octanol–water partition coefficient (Wildman–Crippen LogP) is 5.39. The minimum Gasteiger partial charge on any atom is -0.294 e. The topological polar surface area (TPSA) is 17.1 Å². The van der Waals surface area contributed by atoms with Gasteiger partial charge in [0.2, 0.25) is 0 Å². The van der Waals surface area contributed by atoms with E-state index in [1.807, 2.05) is 75.4 Å². The SMILES string of the molecule is CC(C)(C)C(=O)C=C(c1ccccc1)c1ccccc1Cl. The van der Waals surface area contributed by atoms with Crippen LogP contribution in [-0.2, 0) is 4.79 Å². The summed E-state index contributed by atoms with van der Waals surface area (Å²) in [5, 5.41) is 0.648. The van der Waals surface area contributed by atoms with Crippen molar-refractivity contribution >= 4 is 23.0 Å². The Labute approximate surface area is 131 Å². The molecule has 21 heavy (non-hydrogen) atoms. The maximum absolute atomic E-state index is 12.4. The Kier molecular flexibility index (Phi) is 4.64. The van der Waals surface area contributed by atoms with Crippen LogP contribution < -0.4 is 0 Å². The van der Waals surface area contributed by atoms with Crippen LogP contribution in [0.2, 0.25) is 5.02 Å². The molecule has 2 aromatic rings. The number of hydrogen-bond donors (Lipinski definition) is 0. The third kappa shape index (κ3) is 3.83. The van der Waals surface area contributed by atoms with Gasteiger partial charge in [0, 0.05) is 16.0 Å². The fourth-order valence-electron chi connectivity index (χ4n) is 1.96. The second-order valence-corrected chi connectivity index (χ2v) is 6.43. The summed E-state index contributed by atoms with van der Waals surface area (Å²) in [5.74, 6) is 0.0845. The van der Waals surface area contributed by atoms with Crippen molar-refractivity contribution < 1.29 is 4.79 Å². The monoisotopic (exact) mass is 298 g/mol. The van der Waals surface area contributed by atoms with E-state index in [1.165, 1.54) is 0 Å². The van der Waals surface area contributed by atoms with Gasteiger partial charge in [-0.1, -0.05) is 80.9 Å². The lowest BCUT2D eigenvalue weighted by atomic mass is 9.87. The van der Waals surface area contributed by atoms with Gasteiger partial charge in [0.25, 0.3) is 0 Å². The van der Waals surface area contributed by atoms with Crippen molar-refractivity contribution in [2.75, 3.05) is 0 Å². The van der Waals surface area contributed by atoms with Gasteiger partial charge >= 0.3 is 0 Å². The van der Waals surface area contributed by atoms with Crippen LogP contribution in [0.1, 0.15) is 31.9 Å². The van der Waals surface area contributed by atoms with Crippen LogP contribution in [0.3, 0.4) is 0 Å². The number of allylic oxidation sites excluding steroid dienone is 1. The highest BCUT2D eigenvalue weighted by Crippen LogP contribution is 2.30. The summed E-state index contributed by atoms with van der Waals surface area (Å²) in [6, 6.07) is 17.5. The lowest BCUT2D eigenvalue weighted by Crippen LogP contribution is -2.18. The highest BCUT2D eigenvalue weighted by Gasteiger charge is 2.21. The number of benzene rings is 2. The summed E-state index contributed by atoms with van der Waals surface area (Å²) >= 11 is 6.31. The molecule has 0 aliphatic heterocycles. The Morgan fingerprint density at radius 3 is 2.10 bits per heavy atom. The van der Waals surface area contributed by atoms with E-state index in [4.69, 9.17) is 11.6 Å². The van der Waals surface area contributed by atoms with Crippen molar-refractivity contribution in [3.05, 3.63) is 76.8 Å². The zero-order valence-corrected chi connectivity index (χ0v) is 13.3. The second kappa shape index (κ2) is 6.28. The molecular weight excluding hydrogens is 280 g/mol. The quantitative estimate of drug-likeness (QED) is 0.695. The molecular formula is C19H19ClO. The van der Waals surface area contributed by atoms with Gasteiger partial charge in [0.05, 0.1) is 0 Å². The molecule has 0 aliphatic rings. The van der Waals surface area contributed by atoms with Gasteiger partial charge in [-0.15, -0.1) is 0 Å². The summed E-state index contributed by atoms with van der Waals surface area (Å²) in [4.78, 5) is 12.4. The van der Waals surface area contributed by atoms with Crippen LogP contribution in [0.15, 0.2) is 60.7 Å². The van der Waals surface area contributed by atoms with Gasteiger partial charge in [-0.2, -0.15) is 0 Å². The zero-order chi connectivity index (χ0) is 15.5. The second-order valence-electron chi connectivity index (χ2n) is 6.02. The first-order valence-electron chi connectivity index (χ1n) is 6.96. The third-order valence-electron chi connectivity index (χ3n) is 3.26.